The Morgan fingerprint density at radius 1 is 1.04 bits per heavy atom. The van der Waals surface area contributed by atoms with Crippen LogP contribution in [0.4, 0.5) is 9.59 Å². The molecule has 13 nitrogen and oxygen atoms in total. The SMILES string of the molecule is C=CCOCC(NC(=O)OC(C)(C)C)C(=O)NC(C(=O)N1CC(OC(=O)N2Cc3cccc(C=C)c3C2)CC1C(=O)OC)C(C)(C)C. The molecular formula is C34H48N4O9. The molecule has 1 aromatic carbocycles. The van der Waals surface area contributed by atoms with E-state index in [4.69, 9.17) is 18.9 Å². The predicted molar refractivity (Wildman–Crippen MR) is 174 cm³/mol. The highest BCUT2D eigenvalue weighted by Crippen LogP contribution is 2.30. The van der Waals surface area contributed by atoms with Gasteiger partial charge >= 0.3 is 18.2 Å². The molecule has 4 atom stereocenters. The summed E-state index contributed by atoms with van der Waals surface area (Å²) in [5, 5.41) is 5.25. The Morgan fingerprint density at radius 3 is 2.34 bits per heavy atom. The summed E-state index contributed by atoms with van der Waals surface area (Å²) in [6.07, 6.45) is 1.04. The van der Waals surface area contributed by atoms with Crippen molar-refractivity contribution >= 4 is 36.0 Å². The second-order valence-corrected chi connectivity index (χ2v) is 13.6. The molecule has 13 heteroatoms. The van der Waals surface area contributed by atoms with Crippen LogP contribution in [0.15, 0.2) is 37.4 Å². The summed E-state index contributed by atoms with van der Waals surface area (Å²) in [6.45, 7) is 18.3. The van der Waals surface area contributed by atoms with Gasteiger partial charge in [-0.15, -0.1) is 6.58 Å². The number of methoxy groups -OCH3 is 1. The Kier molecular flexibility index (Phi) is 12.2. The first-order valence-corrected chi connectivity index (χ1v) is 15.5. The van der Waals surface area contributed by atoms with Gasteiger partial charge in [0.2, 0.25) is 11.8 Å². The summed E-state index contributed by atoms with van der Waals surface area (Å²) in [5.74, 6) is -1.95. The normalized spacial score (nSPS) is 18.8. The molecule has 0 bridgehead atoms. The van der Waals surface area contributed by atoms with Crippen LogP contribution in [0.25, 0.3) is 6.08 Å². The average molecular weight is 657 g/mol. The molecule has 0 aromatic heterocycles. The van der Waals surface area contributed by atoms with Gasteiger partial charge in [0.15, 0.2) is 0 Å². The van der Waals surface area contributed by atoms with Crippen molar-refractivity contribution in [3.63, 3.8) is 0 Å². The van der Waals surface area contributed by atoms with E-state index in [1.54, 1.807) is 52.5 Å². The van der Waals surface area contributed by atoms with Gasteiger partial charge in [0.1, 0.15) is 29.8 Å². The molecule has 0 saturated carbocycles. The largest absolute Gasteiger partial charge is 0.467 e. The lowest BCUT2D eigenvalue weighted by Gasteiger charge is -2.35. The van der Waals surface area contributed by atoms with E-state index in [9.17, 15) is 24.0 Å². The summed E-state index contributed by atoms with van der Waals surface area (Å²) in [5.41, 5.74) is 1.27. The molecule has 47 heavy (non-hydrogen) atoms. The van der Waals surface area contributed by atoms with Crippen molar-refractivity contribution in [1.29, 1.82) is 0 Å². The number of nitrogens with zero attached hydrogens (tertiary/aromatic N) is 2. The van der Waals surface area contributed by atoms with Gasteiger partial charge in [0.05, 0.1) is 33.4 Å². The maximum atomic E-state index is 14.1. The van der Waals surface area contributed by atoms with Crippen molar-refractivity contribution in [2.45, 2.75) is 90.9 Å². The number of ether oxygens (including phenoxy) is 4. The maximum Gasteiger partial charge on any atom is 0.410 e. The molecule has 0 spiro atoms. The van der Waals surface area contributed by atoms with Crippen LogP contribution >= 0.6 is 0 Å². The van der Waals surface area contributed by atoms with Crippen molar-refractivity contribution in [2.75, 3.05) is 26.9 Å². The Labute approximate surface area is 276 Å². The number of carbonyl (C=O) groups excluding carboxylic acids is 5. The summed E-state index contributed by atoms with van der Waals surface area (Å²) in [7, 11) is 1.21. The quantitative estimate of drug-likeness (QED) is 0.158. The van der Waals surface area contributed by atoms with E-state index in [-0.39, 0.29) is 26.2 Å². The number of rotatable bonds is 11. The second-order valence-electron chi connectivity index (χ2n) is 13.6. The topological polar surface area (TPSA) is 153 Å². The molecule has 2 aliphatic heterocycles. The lowest BCUT2D eigenvalue weighted by Crippen LogP contribution is -2.60. The van der Waals surface area contributed by atoms with Crippen molar-refractivity contribution in [1.82, 2.24) is 20.4 Å². The molecule has 4 unspecified atom stereocenters. The van der Waals surface area contributed by atoms with E-state index in [1.807, 2.05) is 18.2 Å². The highest BCUT2D eigenvalue weighted by atomic mass is 16.6. The molecule has 0 aliphatic carbocycles. The maximum absolute atomic E-state index is 14.1. The number of fused-ring (bicyclic) bond motifs is 1. The lowest BCUT2D eigenvalue weighted by molar-refractivity contribution is -0.153. The number of esters is 1. The Bertz CT molecular complexity index is 1360. The van der Waals surface area contributed by atoms with Crippen LogP contribution in [-0.2, 0) is 46.4 Å². The van der Waals surface area contributed by atoms with Crippen LogP contribution in [0.2, 0.25) is 0 Å². The predicted octanol–water partition coefficient (Wildman–Crippen LogP) is 3.55. The van der Waals surface area contributed by atoms with Crippen LogP contribution in [-0.4, -0.2) is 96.5 Å². The van der Waals surface area contributed by atoms with E-state index >= 15 is 0 Å². The minimum Gasteiger partial charge on any atom is -0.467 e. The molecule has 1 saturated heterocycles. The standard InChI is InChI=1S/C34H48N4O9/c1-10-15-45-20-25(35-31(42)47-34(6,7)8)28(39)36-27(33(3,4)5)29(40)38-18-23(16-26(38)30(41)44-9)46-32(43)37-17-22-14-12-13-21(11-2)24(22)19-37/h10-14,23,25-27H,1-2,15-20H2,3-9H3,(H,35,42)(H,36,39). The zero-order chi connectivity index (χ0) is 35.1. The highest BCUT2D eigenvalue weighted by Gasteiger charge is 2.47. The fourth-order valence-corrected chi connectivity index (χ4v) is 5.43. The Morgan fingerprint density at radius 2 is 1.74 bits per heavy atom. The molecule has 1 aromatic rings. The molecule has 2 aliphatic rings. The van der Waals surface area contributed by atoms with Crippen LogP contribution in [0.3, 0.4) is 0 Å². The minimum atomic E-state index is -1.21. The number of alkyl carbamates (subject to hydrolysis) is 1. The smallest absolute Gasteiger partial charge is 0.410 e. The second kappa shape index (κ2) is 15.5. The van der Waals surface area contributed by atoms with Crippen molar-refractivity contribution in [3.05, 3.63) is 54.1 Å². The first-order valence-electron chi connectivity index (χ1n) is 15.5. The van der Waals surface area contributed by atoms with Gasteiger partial charge in [-0.25, -0.2) is 14.4 Å². The number of carbonyl (C=O) groups is 5. The third kappa shape index (κ3) is 9.80. The zero-order valence-electron chi connectivity index (χ0n) is 28.4. The molecule has 258 valence electrons. The lowest BCUT2D eigenvalue weighted by atomic mass is 9.85. The molecule has 2 heterocycles. The van der Waals surface area contributed by atoms with Crippen LogP contribution in [0.5, 0.6) is 0 Å². The average Bonchev–Trinajstić information content (AvgIpc) is 3.62. The summed E-state index contributed by atoms with van der Waals surface area (Å²) in [4.78, 5) is 69.2. The molecular weight excluding hydrogens is 608 g/mol. The third-order valence-corrected chi connectivity index (χ3v) is 7.71. The monoisotopic (exact) mass is 656 g/mol. The van der Waals surface area contributed by atoms with Crippen molar-refractivity contribution in [3.8, 4) is 0 Å². The number of benzene rings is 1. The number of likely N-dealkylation sites (tertiary alicyclic amines) is 1. The Hall–Kier alpha value is -4.39. The molecule has 4 amide bonds. The van der Waals surface area contributed by atoms with Crippen LogP contribution in [0, 0.1) is 5.41 Å². The first-order chi connectivity index (χ1) is 22.0. The van der Waals surface area contributed by atoms with E-state index in [2.05, 4.69) is 23.8 Å². The van der Waals surface area contributed by atoms with Gasteiger partial charge in [-0.1, -0.05) is 57.7 Å². The number of nitrogens with one attached hydrogen (secondary N) is 2. The van der Waals surface area contributed by atoms with E-state index < -0.39 is 65.2 Å². The van der Waals surface area contributed by atoms with Crippen LogP contribution in [0.1, 0.15) is 64.7 Å². The summed E-state index contributed by atoms with van der Waals surface area (Å²) >= 11 is 0. The molecule has 3 rings (SSSR count). The Balaban J connectivity index is 1.77. The van der Waals surface area contributed by atoms with E-state index in [0.717, 1.165) is 16.7 Å². The third-order valence-electron chi connectivity index (χ3n) is 7.71. The van der Waals surface area contributed by atoms with Gasteiger partial charge in [0.25, 0.3) is 0 Å². The molecule has 1 fully saturated rings. The van der Waals surface area contributed by atoms with Crippen molar-refractivity contribution < 1.29 is 42.9 Å². The highest BCUT2D eigenvalue weighted by molar-refractivity contribution is 5.94. The number of hydrogen-bond donors (Lipinski definition) is 2. The van der Waals surface area contributed by atoms with E-state index in [0.29, 0.717) is 13.1 Å². The van der Waals surface area contributed by atoms with Gasteiger partial charge < -0.3 is 34.5 Å². The number of amides is 4. The number of hydrogen-bond acceptors (Lipinski definition) is 9. The fourth-order valence-electron chi connectivity index (χ4n) is 5.43. The van der Waals surface area contributed by atoms with Gasteiger partial charge in [-0.2, -0.15) is 0 Å². The van der Waals surface area contributed by atoms with Gasteiger partial charge in [0, 0.05) is 13.0 Å². The molecule has 2 N–H and O–H groups in total. The van der Waals surface area contributed by atoms with Crippen LogP contribution < -0.4 is 10.6 Å². The summed E-state index contributed by atoms with van der Waals surface area (Å²) in [6, 6.07) is 2.36. The van der Waals surface area contributed by atoms with Crippen molar-refractivity contribution in [2.24, 2.45) is 5.41 Å². The summed E-state index contributed by atoms with van der Waals surface area (Å²) < 4.78 is 21.6. The first kappa shape index (κ1) is 37.1. The van der Waals surface area contributed by atoms with E-state index in [1.165, 1.54) is 18.1 Å². The van der Waals surface area contributed by atoms with Gasteiger partial charge in [-0.3, -0.25) is 14.5 Å². The fraction of sp³-hybridized carbons (Fsp3) is 0.559. The van der Waals surface area contributed by atoms with Gasteiger partial charge in [-0.05, 0) is 42.9 Å². The zero-order valence-corrected chi connectivity index (χ0v) is 28.4. The molecule has 0 radical (unpaired) electrons. The minimum absolute atomic E-state index is 0.0197.